The molecule has 0 aliphatic rings. The normalized spacial score (nSPS) is 11.9. The molecule has 0 saturated carbocycles. The first kappa shape index (κ1) is 19.6. The minimum Gasteiger partial charge on any atom is -0.379 e. The second-order valence-corrected chi connectivity index (χ2v) is 7.94. The Labute approximate surface area is 146 Å². The van der Waals surface area contributed by atoms with E-state index in [2.05, 4.69) is 24.3 Å². The maximum absolute atomic E-state index is 11.0. The smallest absolute Gasteiger partial charge is 0.217 e. The number of carbonyl (C=O) groups excluding carboxylic acids is 1. The van der Waals surface area contributed by atoms with Crippen LogP contribution in [0.4, 0.5) is 0 Å². The molecule has 0 radical (unpaired) electrons. The van der Waals surface area contributed by atoms with E-state index >= 15 is 0 Å². The van der Waals surface area contributed by atoms with Gasteiger partial charge in [0.05, 0.1) is 5.04 Å². The molecule has 0 fully saturated rings. The number of nitrogens with one attached hydrogen (secondary N) is 2. The molecule has 0 heterocycles. The molecule has 1 rings (SSSR count). The molecule has 0 aliphatic carbocycles. The molecular weight excluding hydrogens is 328 g/mol. The van der Waals surface area contributed by atoms with Gasteiger partial charge in [-0.3, -0.25) is 15.6 Å². The van der Waals surface area contributed by atoms with Gasteiger partial charge < -0.3 is 11.5 Å². The lowest BCUT2D eigenvalue weighted by Gasteiger charge is -2.15. The van der Waals surface area contributed by atoms with Crippen LogP contribution in [0, 0.1) is 10.8 Å². The van der Waals surface area contributed by atoms with Crippen LogP contribution >= 0.6 is 23.5 Å². The Morgan fingerprint density at radius 1 is 1.17 bits per heavy atom. The Hall–Kier alpha value is -1.47. The van der Waals surface area contributed by atoms with Crippen molar-refractivity contribution >= 4 is 39.6 Å². The van der Waals surface area contributed by atoms with Gasteiger partial charge in [-0.15, -0.1) is 11.8 Å². The van der Waals surface area contributed by atoms with Gasteiger partial charge in [0.25, 0.3) is 0 Å². The van der Waals surface area contributed by atoms with E-state index < -0.39 is 0 Å². The number of nitrogens with two attached hydrogens (primary N) is 2. The molecule has 0 aliphatic heterocycles. The minimum absolute atomic E-state index is 0.151. The predicted octanol–water partition coefficient (Wildman–Crippen LogP) is 2.76. The Morgan fingerprint density at radius 2 is 1.78 bits per heavy atom. The molecule has 0 spiro atoms. The van der Waals surface area contributed by atoms with Crippen LogP contribution in [0.3, 0.4) is 0 Å². The standard InChI is InChI=1S/C16H24N4OS2/c1-11(17)23-14(6-7-15(18)21)10-13-4-2-12(3-5-13)8-9-22-16(19)20/h2-5,14,17H,6-10H2,1H3,(H2,18,21)(H3,19,20)/t14-/m1/s1. The average Bonchev–Trinajstić information content (AvgIpc) is 2.45. The molecule has 126 valence electrons. The summed E-state index contributed by atoms with van der Waals surface area (Å²) >= 11 is 2.84. The van der Waals surface area contributed by atoms with E-state index in [1.165, 1.54) is 34.7 Å². The van der Waals surface area contributed by atoms with Crippen molar-refractivity contribution in [1.29, 1.82) is 10.8 Å². The van der Waals surface area contributed by atoms with Crippen molar-refractivity contribution in [1.82, 2.24) is 0 Å². The highest BCUT2D eigenvalue weighted by Gasteiger charge is 2.13. The number of primary amides is 1. The molecule has 1 aromatic carbocycles. The van der Waals surface area contributed by atoms with Crippen LogP contribution in [0.5, 0.6) is 0 Å². The van der Waals surface area contributed by atoms with Crippen LogP contribution < -0.4 is 11.5 Å². The molecule has 0 unspecified atom stereocenters. The zero-order valence-electron chi connectivity index (χ0n) is 13.3. The summed E-state index contributed by atoms with van der Waals surface area (Å²) in [5, 5.41) is 15.7. The molecule has 7 heteroatoms. The zero-order chi connectivity index (χ0) is 17.2. The number of thioether (sulfide) groups is 2. The average molecular weight is 353 g/mol. The lowest BCUT2D eigenvalue weighted by Crippen LogP contribution is -2.16. The second-order valence-electron chi connectivity index (χ2n) is 5.28. The lowest BCUT2D eigenvalue weighted by molar-refractivity contribution is -0.118. The largest absolute Gasteiger partial charge is 0.379 e. The molecule has 23 heavy (non-hydrogen) atoms. The van der Waals surface area contributed by atoms with Crippen molar-refractivity contribution < 1.29 is 4.79 Å². The summed E-state index contributed by atoms with van der Waals surface area (Å²) in [6.45, 7) is 1.76. The molecule has 1 aromatic rings. The summed E-state index contributed by atoms with van der Waals surface area (Å²) in [4.78, 5) is 11.0. The highest BCUT2D eigenvalue weighted by Crippen LogP contribution is 2.22. The number of amides is 1. The van der Waals surface area contributed by atoms with Crippen molar-refractivity contribution in [2.75, 3.05) is 5.75 Å². The van der Waals surface area contributed by atoms with E-state index in [9.17, 15) is 4.79 Å². The fourth-order valence-corrected chi connectivity index (χ4v) is 3.71. The summed E-state index contributed by atoms with van der Waals surface area (Å²) < 4.78 is 0. The molecular formula is C16H24N4OS2. The SMILES string of the molecule is CC(=N)S[C@H](CCC(N)=O)Cc1ccc(CCSC(=N)N)cc1. The molecule has 0 aromatic heterocycles. The summed E-state index contributed by atoms with van der Waals surface area (Å²) in [7, 11) is 0. The molecule has 5 nitrogen and oxygen atoms in total. The first-order valence-electron chi connectivity index (χ1n) is 7.41. The Morgan fingerprint density at radius 3 is 2.30 bits per heavy atom. The third-order valence-electron chi connectivity index (χ3n) is 3.19. The van der Waals surface area contributed by atoms with Gasteiger partial charge in [-0.1, -0.05) is 36.0 Å². The zero-order valence-corrected chi connectivity index (χ0v) is 14.9. The third-order valence-corrected chi connectivity index (χ3v) is 5.00. The highest BCUT2D eigenvalue weighted by atomic mass is 32.2. The monoisotopic (exact) mass is 352 g/mol. The first-order valence-corrected chi connectivity index (χ1v) is 9.28. The van der Waals surface area contributed by atoms with E-state index in [1.807, 2.05) is 0 Å². The minimum atomic E-state index is -0.295. The summed E-state index contributed by atoms with van der Waals surface area (Å²) in [5.41, 5.74) is 12.9. The fourth-order valence-electron chi connectivity index (χ4n) is 2.14. The Kier molecular flexibility index (Phi) is 8.79. The van der Waals surface area contributed by atoms with Crippen LogP contribution in [0.15, 0.2) is 24.3 Å². The fraction of sp³-hybridized carbons (Fsp3) is 0.438. The van der Waals surface area contributed by atoms with E-state index in [4.69, 9.17) is 22.3 Å². The van der Waals surface area contributed by atoms with Crippen LogP contribution in [0.1, 0.15) is 30.9 Å². The topological polar surface area (TPSA) is 117 Å². The third kappa shape index (κ3) is 9.30. The molecule has 1 atom stereocenters. The van der Waals surface area contributed by atoms with Gasteiger partial charge in [0.2, 0.25) is 5.91 Å². The number of carbonyl (C=O) groups is 1. The number of rotatable bonds is 9. The van der Waals surface area contributed by atoms with Crippen molar-refractivity contribution in [2.45, 2.75) is 37.9 Å². The number of benzene rings is 1. The van der Waals surface area contributed by atoms with E-state index in [1.54, 1.807) is 6.92 Å². The maximum Gasteiger partial charge on any atom is 0.217 e. The van der Waals surface area contributed by atoms with Gasteiger partial charge in [0, 0.05) is 17.4 Å². The van der Waals surface area contributed by atoms with Crippen molar-refractivity contribution in [3.63, 3.8) is 0 Å². The molecule has 0 bridgehead atoms. The van der Waals surface area contributed by atoms with Gasteiger partial charge in [-0.25, -0.2) is 0 Å². The van der Waals surface area contributed by atoms with Crippen LogP contribution in [0.25, 0.3) is 0 Å². The summed E-state index contributed by atoms with van der Waals surface area (Å²) in [6, 6.07) is 8.35. The number of hydrogen-bond acceptors (Lipinski definition) is 5. The van der Waals surface area contributed by atoms with Crippen molar-refractivity contribution in [3.05, 3.63) is 35.4 Å². The Balaban J connectivity index is 2.56. The molecule has 1 amide bonds. The van der Waals surface area contributed by atoms with Gasteiger partial charge in [-0.2, -0.15) is 0 Å². The highest BCUT2D eigenvalue weighted by molar-refractivity contribution is 8.14. The van der Waals surface area contributed by atoms with Gasteiger partial charge in [-0.05, 0) is 37.3 Å². The summed E-state index contributed by atoms with van der Waals surface area (Å²) in [5.74, 6) is 0.509. The number of amidine groups is 1. The van der Waals surface area contributed by atoms with Crippen molar-refractivity contribution in [2.24, 2.45) is 11.5 Å². The van der Waals surface area contributed by atoms with E-state index in [0.29, 0.717) is 17.9 Å². The van der Waals surface area contributed by atoms with Gasteiger partial charge >= 0.3 is 0 Å². The molecule has 6 N–H and O–H groups in total. The van der Waals surface area contributed by atoms with Crippen LogP contribution in [-0.2, 0) is 17.6 Å². The number of aryl methyl sites for hydroxylation is 1. The van der Waals surface area contributed by atoms with Crippen LogP contribution in [0.2, 0.25) is 0 Å². The van der Waals surface area contributed by atoms with Crippen molar-refractivity contribution in [3.8, 4) is 0 Å². The summed E-state index contributed by atoms with van der Waals surface area (Å²) in [6.07, 6.45) is 2.74. The van der Waals surface area contributed by atoms with Gasteiger partial charge in [0.1, 0.15) is 0 Å². The van der Waals surface area contributed by atoms with Gasteiger partial charge in [0.15, 0.2) is 5.17 Å². The maximum atomic E-state index is 11.0. The number of hydrogen-bond donors (Lipinski definition) is 4. The quantitative estimate of drug-likeness (QED) is 0.404. The second kappa shape index (κ2) is 10.3. The van der Waals surface area contributed by atoms with Crippen LogP contribution in [-0.4, -0.2) is 27.1 Å². The van der Waals surface area contributed by atoms with E-state index in [0.717, 1.165) is 18.6 Å². The van der Waals surface area contributed by atoms with E-state index in [-0.39, 0.29) is 16.3 Å². The lowest BCUT2D eigenvalue weighted by atomic mass is 10.0. The molecule has 0 saturated heterocycles. The first-order chi connectivity index (χ1) is 10.9. The predicted molar refractivity (Wildman–Crippen MR) is 101 cm³/mol. The Bertz CT molecular complexity index is 546.